The van der Waals surface area contributed by atoms with Gasteiger partial charge in [0.1, 0.15) is 5.69 Å². The molecule has 2 aliphatic rings. The molecular formula is C25H17N3O4. The van der Waals surface area contributed by atoms with Gasteiger partial charge in [-0.25, -0.2) is 24.5 Å². The van der Waals surface area contributed by atoms with Crippen molar-refractivity contribution >= 4 is 23.0 Å². The molecule has 0 radical (unpaired) electrons. The predicted octanol–water partition coefficient (Wildman–Crippen LogP) is 3.95. The first-order valence-corrected chi connectivity index (χ1v) is 10.4. The van der Waals surface area contributed by atoms with E-state index in [1.807, 2.05) is 12.1 Å². The summed E-state index contributed by atoms with van der Waals surface area (Å²) in [4.78, 5) is 36.9. The van der Waals surface area contributed by atoms with E-state index >= 15 is 0 Å². The van der Waals surface area contributed by atoms with Crippen molar-refractivity contribution < 1.29 is 19.8 Å². The molecule has 0 bridgehead atoms. The van der Waals surface area contributed by atoms with Crippen LogP contribution in [-0.4, -0.2) is 37.1 Å². The molecule has 1 aromatic carbocycles. The van der Waals surface area contributed by atoms with Crippen molar-refractivity contribution in [2.24, 2.45) is 0 Å². The number of aromatic carboxylic acids is 2. The van der Waals surface area contributed by atoms with Gasteiger partial charge in [-0.15, -0.1) is 0 Å². The molecule has 0 unspecified atom stereocenters. The molecule has 0 spiro atoms. The summed E-state index contributed by atoms with van der Waals surface area (Å²) >= 11 is 0. The van der Waals surface area contributed by atoms with E-state index < -0.39 is 11.9 Å². The normalized spacial score (nSPS) is 13.6. The van der Waals surface area contributed by atoms with Crippen LogP contribution in [0.4, 0.5) is 0 Å². The van der Waals surface area contributed by atoms with Crippen LogP contribution in [0.15, 0.2) is 42.5 Å². The topological polar surface area (TPSA) is 113 Å². The van der Waals surface area contributed by atoms with Gasteiger partial charge < -0.3 is 10.2 Å². The van der Waals surface area contributed by atoms with Crippen molar-refractivity contribution in [3.63, 3.8) is 0 Å². The molecule has 0 saturated carbocycles. The van der Waals surface area contributed by atoms with Gasteiger partial charge in [0.15, 0.2) is 5.65 Å². The molecule has 32 heavy (non-hydrogen) atoms. The summed E-state index contributed by atoms with van der Waals surface area (Å²) in [6.07, 6.45) is 3.26. The Morgan fingerprint density at radius 2 is 1.28 bits per heavy atom. The minimum Gasteiger partial charge on any atom is -0.478 e. The molecule has 0 fully saturated rings. The molecule has 7 nitrogen and oxygen atoms in total. The van der Waals surface area contributed by atoms with E-state index in [9.17, 15) is 19.8 Å². The third-order valence-electron chi connectivity index (χ3n) is 6.32. The van der Waals surface area contributed by atoms with Crippen molar-refractivity contribution in [1.29, 1.82) is 0 Å². The summed E-state index contributed by atoms with van der Waals surface area (Å²) < 4.78 is 0. The van der Waals surface area contributed by atoms with Gasteiger partial charge in [-0.3, -0.25) is 0 Å². The van der Waals surface area contributed by atoms with Crippen molar-refractivity contribution in [2.45, 2.75) is 25.7 Å². The van der Waals surface area contributed by atoms with Gasteiger partial charge in [0.25, 0.3) is 0 Å². The number of carboxylic acids is 2. The number of fused-ring (bicyclic) bond motifs is 7. The average molecular weight is 423 g/mol. The van der Waals surface area contributed by atoms with Gasteiger partial charge in [-0.05, 0) is 78.3 Å². The van der Waals surface area contributed by atoms with E-state index in [2.05, 4.69) is 17.1 Å². The maximum Gasteiger partial charge on any atom is 0.354 e. The highest BCUT2D eigenvalue weighted by Gasteiger charge is 2.24. The molecule has 2 aliphatic carbocycles. The molecule has 0 saturated heterocycles. The second-order valence-electron chi connectivity index (χ2n) is 8.23. The highest BCUT2D eigenvalue weighted by atomic mass is 16.4. The number of benzene rings is 1. The minimum atomic E-state index is -1.07. The van der Waals surface area contributed by atoms with Crippen molar-refractivity contribution in [2.75, 3.05) is 0 Å². The number of nitrogens with zero attached hydrogens (tertiary/aromatic N) is 3. The lowest BCUT2D eigenvalue weighted by Crippen LogP contribution is -2.12. The quantitative estimate of drug-likeness (QED) is 0.502. The molecule has 3 aromatic heterocycles. The molecule has 3 heterocycles. The van der Waals surface area contributed by atoms with Gasteiger partial charge in [0.05, 0.1) is 22.6 Å². The van der Waals surface area contributed by atoms with Crippen molar-refractivity contribution in [1.82, 2.24) is 15.0 Å². The first-order valence-electron chi connectivity index (χ1n) is 10.4. The van der Waals surface area contributed by atoms with E-state index in [0.29, 0.717) is 17.0 Å². The van der Waals surface area contributed by atoms with E-state index in [0.717, 1.165) is 64.6 Å². The van der Waals surface area contributed by atoms with Crippen LogP contribution in [-0.2, 0) is 25.7 Å². The number of aryl methyl sites for hydroxylation is 4. The van der Waals surface area contributed by atoms with E-state index in [1.54, 1.807) is 12.1 Å². The second-order valence-corrected chi connectivity index (χ2v) is 8.23. The van der Waals surface area contributed by atoms with Gasteiger partial charge >= 0.3 is 11.9 Å². The van der Waals surface area contributed by atoms with Crippen LogP contribution in [0.2, 0.25) is 0 Å². The number of hydrogen-bond donors (Lipinski definition) is 2. The summed E-state index contributed by atoms with van der Waals surface area (Å²) in [5.74, 6) is -2.04. The number of aromatic nitrogens is 3. The van der Waals surface area contributed by atoms with Crippen LogP contribution in [0.25, 0.3) is 33.7 Å². The fourth-order valence-electron chi connectivity index (χ4n) is 4.71. The summed E-state index contributed by atoms with van der Waals surface area (Å²) in [7, 11) is 0. The number of rotatable bonds is 2. The first kappa shape index (κ1) is 18.6. The van der Waals surface area contributed by atoms with Crippen molar-refractivity contribution in [3.8, 4) is 22.6 Å². The number of pyridine rings is 3. The van der Waals surface area contributed by atoms with Gasteiger partial charge in [-0.2, -0.15) is 0 Å². The predicted molar refractivity (Wildman–Crippen MR) is 117 cm³/mol. The molecule has 2 N–H and O–H groups in total. The fraction of sp³-hybridized carbons (Fsp3) is 0.160. The van der Waals surface area contributed by atoms with Gasteiger partial charge in [0, 0.05) is 10.9 Å². The lowest BCUT2D eigenvalue weighted by molar-refractivity contribution is 0.0682. The highest BCUT2D eigenvalue weighted by molar-refractivity contribution is 5.92. The molecule has 0 amide bonds. The molecule has 4 aromatic rings. The number of carboxylic acid groups (broad SMARTS) is 2. The van der Waals surface area contributed by atoms with Crippen LogP contribution in [0, 0.1) is 0 Å². The van der Waals surface area contributed by atoms with E-state index in [4.69, 9.17) is 9.97 Å². The zero-order chi connectivity index (χ0) is 22.0. The lowest BCUT2D eigenvalue weighted by atomic mass is 9.87. The highest BCUT2D eigenvalue weighted by Crippen LogP contribution is 2.37. The molecule has 156 valence electrons. The Labute approximate surface area is 182 Å². The van der Waals surface area contributed by atoms with Crippen LogP contribution >= 0.6 is 0 Å². The Kier molecular flexibility index (Phi) is 3.89. The zero-order valence-electron chi connectivity index (χ0n) is 16.9. The van der Waals surface area contributed by atoms with Crippen LogP contribution in [0.5, 0.6) is 0 Å². The van der Waals surface area contributed by atoms with Crippen LogP contribution in [0.1, 0.15) is 43.1 Å². The summed E-state index contributed by atoms with van der Waals surface area (Å²) in [5.41, 5.74) is 7.80. The maximum atomic E-state index is 11.5. The minimum absolute atomic E-state index is 0.00738. The Bertz CT molecular complexity index is 1380. The third-order valence-corrected chi connectivity index (χ3v) is 6.32. The number of hydrogen-bond acceptors (Lipinski definition) is 5. The summed E-state index contributed by atoms with van der Waals surface area (Å²) in [5, 5.41) is 19.7. The largest absolute Gasteiger partial charge is 0.478 e. The standard InChI is InChI=1S/C25H17N3O4/c29-24(30)16-6-2-12-1-4-14-9-17-10-15-5-3-13-7-8-19(25(31)32)26-21(13)22(15)28-23(17)27-20(14)18(12)11-16/h2,6-11H,1,3-5H2,(H,29,30)(H,31,32). The third kappa shape index (κ3) is 2.78. The summed E-state index contributed by atoms with van der Waals surface area (Å²) in [6, 6.07) is 12.7. The van der Waals surface area contributed by atoms with Crippen molar-refractivity contribution in [3.05, 3.63) is 76.0 Å². The van der Waals surface area contributed by atoms with Crippen LogP contribution in [0.3, 0.4) is 0 Å². The summed E-state index contributed by atoms with van der Waals surface area (Å²) in [6.45, 7) is 0. The van der Waals surface area contributed by atoms with E-state index in [1.165, 1.54) is 6.07 Å². The Balaban J connectivity index is 1.56. The zero-order valence-corrected chi connectivity index (χ0v) is 16.9. The Morgan fingerprint density at radius 3 is 2.03 bits per heavy atom. The van der Waals surface area contributed by atoms with Gasteiger partial charge in [0.2, 0.25) is 0 Å². The maximum absolute atomic E-state index is 11.5. The molecule has 0 atom stereocenters. The molecular weight excluding hydrogens is 406 g/mol. The molecule has 7 heteroatoms. The number of carbonyl (C=O) groups is 2. The Hall–Kier alpha value is -4.13. The molecule has 6 rings (SSSR count). The Morgan fingerprint density at radius 1 is 0.656 bits per heavy atom. The second kappa shape index (κ2) is 6.68. The average Bonchev–Trinajstić information content (AvgIpc) is 2.80. The fourth-order valence-corrected chi connectivity index (χ4v) is 4.71. The van der Waals surface area contributed by atoms with Crippen LogP contribution < -0.4 is 0 Å². The van der Waals surface area contributed by atoms with Gasteiger partial charge in [-0.1, -0.05) is 12.1 Å². The van der Waals surface area contributed by atoms with E-state index in [-0.39, 0.29) is 11.3 Å². The smallest absolute Gasteiger partial charge is 0.354 e. The molecule has 0 aliphatic heterocycles. The SMILES string of the molecule is O=C(O)c1ccc2c(c1)-c1nc3nc4c(cc3cc1CC2)CCc1ccc(C(=O)O)nc1-4. The first-order chi connectivity index (χ1) is 15.5. The monoisotopic (exact) mass is 423 g/mol. The lowest BCUT2D eigenvalue weighted by Gasteiger charge is -2.22.